The van der Waals surface area contributed by atoms with Crippen LogP contribution in [0, 0.1) is 0 Å². The van der Waals surface area contributed by atoms with Crippen molar-refractivity contribution in [1.82, 2.24) is 20.4 Å². The van der Waals surface area contributed by atoms with Crippen LogP contribution in [-0.4, -0.2) is 59.6 Å². The molecule has 0 radical (unpaired) electrons. The summed E-state index contributed by atoms with van der Waals surface area (Å²) >= 11 is 0. The van der Waals surface area contributed by atoms with Gasteiger partial charge in [0.1, 0.15) is 5.82 Å². The summed E-state index contributed by atoms with van der Waals surface area (Å²) in [6.45, 7) is 1.96. The molecule has 2 heterocycles. The van der Waals surface area contributed by atoms with E-state index in [9.17, 15) is 9.59 Å². The normalized spacial score (nSPS) is 16.4. The standard InChI is InChI=1S/C13H20N6O2/c1-15-13(21)10-2-3-12(18-17-10)16-9-4-6-19(7-5-9)8-11(14)20/h2-3,9H,4-8H2,1H3,(H2,14,20)(H,15,21)(H,16,18). The molecule has 114 valence electrons. The van der Waals surface area contributed by atoms with Crippen LogP contribution in [-0.2, 0) is 4.79 Å². The number of rotatable bonds is 5. The Morgan fingerprint density at radius 3 is 2.57 bits per heavy atom. The van der Waals surface area contributed by atoms with Crippen molar-refractivity contribution in [2.45, 2.75) is 18.9 Å². The van der Waals surface area contributed by atoms with E-state index in [1.807, 2.05) is 4.90 Å². The molecule has 1 saturated heterocycles. The molecule has 1 aliphatic rings. The molecule has 1 fully saturated rings. The van der Waals surface area contributed by atoms with Crippen molar-refractivity contribution >= 4 is 17.6 Å². The second-order valence-corrected chi connectivity index (χ2v) is 5.04. The average molecular weight is 292 g/mol. The van der Waals surface area contributed by atoms with Gasteiger partial charge in [0.05, 0.1) is 6.54 Å². The first-order valence-electron chi connectivity index (χ1n) is 6.91. The first-order chi connectivity index (χ1) is 10.1. The number of carbonyl (C=O) groups is 2. The van der Waals surface area contributed by atoms with Crippen molar-refractivity contribution in [3.63, 3.8) is 0 Å². The van der Waals surface area contributed by atoms with Gasteiger partial charge < -0.3 is 16.4 Å². The van der Waals surface area contributed by atoms with Crippen LogP contribution in [0.2, 0.25) is 0 Å². The van der Waals surface area contributed by atoms with Crippen LogP contribution in [0.25, 0.3) is 0 Å². The lowest BCUT2D eigenvalue weighted by atomic mass is 10.1. The maximum atomic E-state index is 11.4. The Bertz CT molecular complexity index is 496. The van der Waals surface area contributed by atoms with Gasteiger partial charge in [0, 0.05) is 26.2 Å². The molecule has 1 aromatic heterocycles. The van der Waals surface area contributed by atoms with E-state index in [1.54, 1.807) is 19.2 Å². The van der Waals surface area contributed by atoms with Crippen LogP contribution in [0.5, 0.6) is 0 Å². The van der Waals surface area contributed by atoms with Crippen molar-refractivity contribution in [1.29, 1.82) is 0 Å². The summed E-state index contributed by atoms with van der Waals surface area (Å²) < 4.78 is 0. The van der Waals surface area contributed by atoms with E-state index in [4.69, 9.17) is 5.73 Å². The SMILES string of the molecule is CNC(=O)c1ccc(NC2CCN(CC(N)=O)CC2)nn1. The summed E-state index contributed by atoms with van der Waals surface area (Å²) in [5.41, 5.74) is 5.48. The van der Waals surface area contributed by atoms with Gasteiger partial charge in [0.2, 0.25) is 5.91 Å². The molecule has 1 aromatic rings. The Balaban J connectivity index is 1.83. The molecule has 2 rings (SSSR count). The number of nitrogens with one attached hydrogen (secondary N) is 2. The molecule has 0 saturated carbocycles. The maximum Gasteiger partial charge on any atom is 0.271 e. The smallest absolute Gasteiger partial charge is 0.271 e. The number of primary amides is 1. The van der Waals surface area contributed by atoms with E-state index in [2.05, 4.69) is 20.8 Å². The average Bonchev–Trinajstić information content (AvgIpc) is 2.49. The third kappa shape index (κ3) is 4.38. The van der Waals surface area contributed by atoms with Crippen molar-refractivity contribution in [3.05, 3.63) is 17.8 Å². The van der Waals surface area contributed by atoms with E-state index in [0.717, 1.165) is 25.9 Å². The third-order valence-corrected chi connectivity index (χ3v) is 3.44. The lowest BCUT2D eigenvalue weighted by Gasteiger charge is -2.31. The number of amides is 2. The van der Waals surface area contributed by atoms with Gasteiger partial charge in [-0.15, -0.1) is 10.2 Å². The summed E-state index contributed by atoms with van der Waals surface area (Å²) in [7, 11) is 1.55. The number of likely N-dealkylation sites (tertiary alicyclic amines) is 1. The molecule has 0 unspecified atom stereocenters. The minimum absolute atomic E-state index is 0.256. The molecule has 21 heavy (non-hydrogen) atoms. The quantitative estimate of drug-likeness (QED) is 0.654. The number of hydrogen-bond acceptors (Lipinski definition) is 6. The van der Waals surface area contributed by atoms with Gasteiger partial charge in [-0.2, -0.15) is 0 Å². The summed E-state index contributed by atoms with van der Waals surface area (Å²) in [4.78, 5) is 24.3. The fourth-order valence-corrected chi connectivity index (χ4v) is 2.32. The zero-order valence-electron chi connectivity index (χ0n) is 12.0. The number of nitrogens with two attached hydrogens (primary N) is 1. The largest absolute Gasteiger partial charge is 0.369 e. The third-order valence-electron chi connectivity index (χ3n) is 3.44. The van der Waals surface area contributed by atoms with Gasteiger partial charge >= 0.3 is 0 Å². The van der Waals surface area contributed by atoms with E-state index >= 15 is 0 Å². The molecule has 4 N–H and O–H groups in total. The fourth-order valence-electron chi connectivity index (χ4n) is 2.32. The van der Waals surface area contributed by atoms with Gasteiger partial charge in [-0.05, 0) is 25.0 Å². The van der Waals surface area contributed by atoms with E-state index < -0.39 is 0 Å². The molecule has 0 aliphatic carbocycles. The zero-order chi connectivity index (χ0) is 15.2. The Hall–Kier alpha value is -2.22. The topological polar surface area (TPSA) is 113 Å². The lowest BCUT2D eigenvalue weighted by Crippen LogP contribution is -2.43. The molecule has 8 nitrogen and oxygen atoms in total. The monoisotopic (exact) mass is 292 g/mol. The molecule has 1 aliphatic heterocycles. The summed E-state index contributed by atoms with van der Waals surface area (Å²) in [6, 6.07) is 3.67. The predicted octanol–water partition coefficient (Wildman–Crippen LogP) is -0.802. The molecular weight excluding hydrogens is 272 g/mol. The Morgan fingerprint density at radius 1 is 1.33 bits per heavy atom. The number of hydrogen-bond donors (Lipinski definition) is 3. The van der Waals surface area contributed by atoms with E-state index in [1.165, 1.54) is 0 Å². The minimum atomic E-state index is -0.294. The van der Waals surface area contributed by atoms with Crippen LogP contribution >= 0.6 is 0 Å². The predicted molar refractivity (Wildman–Crippen MR) is 77.7 cm³/mol. The summed E-state index contributed by atoms with van der Waals surface area (Å²) in [5.74, 6) is 0.0990. The van der Waals surface area contributed by atoms with Crippen molar-refractivity contribution in [3.8, 4) is 0 Å². The lowest BCUT2D eigenvalue weighted by molar-refractivity contribution is -0.119. The number of carbonyl (C=O) groups excluding carboxylic acids is 2. The first-order valence-corrected chi connectivity index (χ1v) is 6.91. The van der Waals surface area contributed by atoms with Gasteiger partial charge in [-0.1, -0.05) is 0 Å². The van der Waals surface area contributed by atoms with Gasteiger partial charge in [-0.3, -0.25) is 14.5 Å². The van der Waals surface area contributed by atoms with Crippen LogP contribution in [0.15, 0.2) is 12.1 Å². The zero-order valence-corrected chi connectivity index (χ0v) is 12.0. The summed E-state index contributed by atoms with van der Waals surface area (Å²) in [5, 5.41) is 13.7. The highest BCUT2D eigenvalue weighted by molar-refractivity contribution is 5.91. The highest BCUT2D eigenvalue weighted by Crippen LogP contribution is 2.14. The highest BCUT2D eigenvalue weighted by Gasteiger charge is 2.20. The van der Waals surface area contributed by atoms with Crippen LogP contribution in [0.3, 0.4) is 0 Å². The van der Waals surface area contributed by atoms with Crippen LogP contribution < -0.4 is 16.4 Å². The second kappa shape index (κ2) is 6.98. The number of anilines is 1. The highest BCUT2D eigenvalue weighted by atomic mass is 16.2. The molecule has 0 atom stereocenters. The van der Waals surface area contributed by atoms with E-state index in [0.29, 0.717) is 18.1 Å². The molecule has 8 heteroatoms. The van der Waals surface area contributed by atoms with Gasteiger partial charge in [-0.25, -0.2) is 0 Å². The number of nitrogens with zero attached hydrogens (tertiary/aromatic N) is 3. The molecule has 0 aromatic carbocycles. The van der Waals surface area contributed by atoms with Crippen molar-refractivity contribution in [2.24, 2.45) is 5.73 Å². The number of aromatic nitrogens is 2. The van der Waals surface area contributed by atoms with Gasteiger partial charge in [0.15, 0.2) is 5.69 Å². The van der Waals surface area contributed by atoms with Gasteiger partial charge in [0.25, 0.3) is 5.91 Å². The molecule has 0 bridgehead atoms. The van der Waals surface area contributed by atoms with E-state index in [-0.39, 0.29) is 17.9 Å². The Kier molecular flexibility index (Phi) is 5.04. The molecule has 0 spiro atoms. The Labute approximate surface area is 123 Å². The first kappa shape index (κ1) is 15.2. The minimum Gasteiger partial charge on any atom is -0.369 e. The maximum absolute atomic E-state index is 11.4. The number of piperidine rings is 1. The summed E-state index contributed by atoms with van der Waals surface area (Å²) in [6.07, 6.45) is 1.82. The van der Waals surface area contributed by atoms with Crippen LogP contribution in [0.4, 0.5) is 5.82 Å². The fraction of sp³-hybridized carbons (Fsp3) is 0.538. The van der Waals surface area contributed by atoms with Crippen molar-refractivity contribution in [2.75, 3.05) is 32.0 Å². The molecule has 2 amide bonds. The second-order valence-electron chi connectivity index (χ2n) is 5.04. The van der Waals surface area contributed by atoms with Crippen molar-refractivity contribution < 1.29 is 9.59 Å². The Morgan fingerprint density at radius 2 is 2.05 bits per heavy atom. The van der Waals surface area contributed by atoms with Crippen LogP contribution in [0.1, 0.15) is 23.3 Å². The molecular formula is C13H20N6O2.